The molecule has 0 fully saturated rings. The van der Waals surface area contributed by atoms with Crippen molar-refractivity contribution in [3.05, 3.63) is 12.2 Å². The minimum atomic E-state index is -0.842. The van der Waals surface area contributed by atoms with Gasteiger partial charge in [0.2, 0.25) is 5.91 Å². The van der Waals surface area contributed by atoms with E-state index in [4.69, 9.17) is 4.74 Å². The monoisotopic (exact) mass is 1180 g/mol. The first-order valence-corrected chi connectivity index (χ1v) is 39.0. The number of rotatable bonds is 74. The maximum absolute atomic E-state index is 12.5. The SMILES string of the molecule is CCCCCCCCCCCCCCCCCCCC/C=C/C(O)C(CO)NC(=O)CCCCCCCCCCCCCCCCCCCCCCCCCCCCCCCCCOC(=O)CCCCCCCCCCCCCCCCCC. The summed E-state index contributed by atoms with van der Waals surface area (Å²) in [6, 6.07) is -0.625. The van der Waals surface area contributed by atoms with E-state index in [1.54, 1.807) is 6.08 Å². The Kier molecular flexibility index (Phi) is 72.8. The van der Waals surface area contributed by atoms with Gasteiger partial charge < -0.3 is 20.3 Å². The summed E-state index contributed by atoms with van der Waals surface area (Å²) in [6.45, 7) is 4.97. The topological polar surface area (TPSA) is 95.9 Å². The van der Waals surface area contributed by atoms with Crippen molar-refractivity contribution < 1.29 is 24.5 Å². The molecule has 2 unspecified atom stereocenters. The summed E-state index contributed by atoms with van der Waals surface area (Å²) in [4.78, 5) is 24.6. The fourth-order valence-corrected chi connectivity index (χ4v) is 12.6. The van der Waals surface area contributed by atoms with E-state index >= 15 is 0 Å². The number of aliphatic hydroxyl groups is 2. The first kappa shape index (κ1) is 82.6. The molecule has 0 heterocycles. The number of nitrogens with one attached hydrogen (secondary N) is 1. The van der Waals surface area contributed by atoms with Crippen molar-refractivity contribution in [2.75, 3.05) is 13.2 Å². The number of carbonyl (C=O) groups excluding carboxylic acids is 2. The molecule has 3 N–H and O–H groups in total. The molecule has 0 aliphatic carbocycles. The molecule has 0 rings (SSSR count). The average molecular weight is 1190 g/mol. The second kappa shape index (κ2) is 74.1. The van der Waals surface area contributed by atoms with Crippen molar-refractivity contribution in [3.63, 3.8) is 0 Å². The summed E-state index contributed by atoms with van der Waals surface area (Å²) in [7, 11) is 0. The zero-order chi connectivity index (χ0) is 60.6. The molecule has 500 valence electrons. The third kappa shape index (κ3) is 69.7. The van der Waals surface area contributed by atoms with Crippen LogP contribution >= 0.6 is 0 Å². The Labute approximate surface area is 527 Å². The first-order valence-electron chi connectivity index (χ1n) is 39.0. The molecule has 0 aliphatic heterocycles. The zero-order valence-corrected chi connectivity index (χ0v) is 57.4. The van der Waals surface area contributed by atoms with Crippen LogP contribution < -0.4 is 5.32 Å². The molecule has 0 saturated heterocycles. The van der Waals surface area contributed by atoms with Crippen molar-refractivity contribution in [1.29, 1.82) is 0 Å². The average Bonchev–Trinajstić information content (AvgIpc) is 3.50. The van der Waals surface area contributed by atoms with Crippen LogP contribution in [0.3, 0.4) is 0 Å². The van der Waals surface area contributed by atoms with Crippen LogP contribution in [-0.2, 0) is 14.3 Å². The quantitative estimate of drug-likeness (QED) is 0.0320. The lowest BCUT2D eigenvalue weighted by Crippen LogP contribution is -2.45. The van der Waals surface area contributed by atoms with Gasteiger partial charge in [-0.05, 0) is 32.1 Å². The minimum Gasteiger partial charge on any atom is -0.466 e. The molecule has 0 aromatic rings. The molecule has 6 nitrogen and oxygen atoms in total. The van der Waals surface area contributed by atoms with Crippen molar-refractivity contribution in [2.45, 2.75) is 463 Å². The lowest BCUT2D eigenvalue weighted by molar-refractivity contribution is -0.143. The second-order valence-corrected chi connectivity index (χ2v) is 27.1. The van der Waals surface area contributed by atoms with Gasteiger partial charge in [-0.2, -0.15) is 0 Å². The summed E-state index contributed by atoms with van der Waals surface area (Å²) in [5.41, 5.74) is 0. The third-order valence-corrected chi connectivity index (χ3v) is 18.6. The van der Waals surface area contributed by atoms with E-state index in [1.807, 2.05) is 6.08 Å². The van der Waals surface area contributed by atoms with E-state index in [0.29, 0.717) is 19.4 Å². The summed E-state index contributed by atoms with van der Waals surface area (Å²) in [5, 5.41) is 23.3. The highest BCUT2D eigenvalue weighted by Crippen LogP contribution is 2.20. The number of amides is 1. The van der Waals surface area contributed by atoms with Crippen LogP contribution in [0.4, 0.5) is 0 Å². The molecule has 1 amide bonds. The molecule has 84 heavy (non-hydrogen) atoms. The molecule has 6 heteroatoms. The van der Waals surface area contributed by atoms with E-state index in [0.717, 1.165) is 38.5 Å². The third-order valence-electron chi connectivity index (χ3n) is 18.6. The normalized spacial score (nSPS) is 12.5. The summed E-state index contributed by atoms with van der Waals surface area (Å²) in [5.74, 6) is -0.0337. The van der Waals surface area contributed by atoms with Gasteiger partial charge in [-0.25, -0.2) is 0 Å². The van der Waals surface area contributed by atoms with Gasteiger partial charge in [-0.15, -0.1) is 0 Å². The molecule has 0 aromatic carbocycles. The molecular formula is C78H153NO5. The van der Waals surface area contributed by atoms with Crippen LogP contribution in [0, 0.1) is 0 Å². The summed E-state index contributed by atoms with van der Waals surface area (Å²) in [6.07, 6.45) is 93.3. The standard InChI is InChI=1S/C78H153NO5/c1-3-5-7-9-11-13-15-17-19-21-22-36-39-42-46-50-54-58-62-66-70-76(81)75(74-80)79-77(82)71-67-63-59-55-51-47-43-40-37-34-32-30-28-26-24-23-25-27-29-31-33-35-38-41-45-49-53-57-61-65-69-73-84-78(83)72-68-64-60-56-52-48-44-20-18-16-14-12-10-8-6-4-2/h66,70,75-76,80-81H,3-65,67-69,71-74H2,1-2H3,(H,79,82)/b70-66+. The molecule has 0 aliphatic rings. The van der Waals surface area contributed by atoms with Gasteiger partial charge in [0.15, 0.2) is 0 Å². The van der Waals surface area contributed by atoms with Crippen molar-refractivity contribution >= 4 is 11.9 Å². The summed E-state index contributed by atoms with van der Waals surface area (Å²) >= 11 is 0. The van der Waals surface area contributed by atoms with Crippen LogP contribution in [0.5, 0.6) is 0 Å². The van der Waals surface area contributed by atoms with Crippen LogP contribution in [-0.4, -0.2) is 47.4 Å². The van der Waals surface area contributed by atoms with E-state index in [9.17, 15) is 19.8 Å². The van der Waals surface area contributed by atoms with Crippen molar-refractivity contribution in [1.82, 2.24) is 5.32 Å². The molecule has 0 aromatic heterocycles. The smallest absolute Gasteiger partial charge is 0.305 e. The van der Waals surface area contributed by atoms with Crippen molar-refractivity contribution in [2.24, 2.45) is 0 Å². The fourth-order valence-electron chi connectivity index (χ4n) is 12.6. The van der Waals surface area contributed by atoms with Gasteiger partial charge in [0.25, 0.3) is 0 Å². The number of carbonyl (C=O) groups is 2. The predicted molar refractivity (Wildman–Crippen MR) is 370 cm³/mol. The Bertz CT molecular complexity index is 1270. The predicted octanol–water partition coefficient (Wildman–Crippen LogP) is 25.5. The van der Waals surface area contributed by atoms with Crippen LogP contribution in [0.15, 0.2) is 12.2 Å². The summed E-state index contributed by atoms with van der Waals surface area (Å²) < 4.78 is 5.51. The van der Waals surface area contributed by atoms with Crippen LogP contribution in [0.2, 0.25) is 0 Å². The Morgan fingerprint density at radius 2 is 0.548 bits per heavy atom. The lowest BCUT2D eigenvalue weighted by Gasteiger charge is -2.20. The Hall–Kier alpha value is -1.40. The maximum atomic E-state index is 12.5. The van der Waals surface area contributed by atoms with E-state index < -0.39 is 12.1 Å². The Morgan fingerprint density at radius 3 is 0.810 bits per heavy atom. The zero-order valence-electron chi connectivity index (χ0n) is 57.4. The van der Waals surface area contributed by atoms with Gasteiger partial charge in [0, 0.05) is 12.8 Å². The van der Waals surface area contributed by atoms with Gasteiger partial charge >= 0.3 is 5.97 Å². The number of hydrogen-bond donors (Lipinski definition) is 3. The van der Waals surface area contributed by atoms with E-state index in [2.05, 4.69) is 19.2 Å². The number of hydrogen-bond acceptors (Lipinski definition) is 5. The second-order valence-electron chi connectivity index (χ2n) is 27.1. The minimum absolute atomic E-state index is 0.0251. The van der Waals surface area contributed by atoms with Gasteiger partial charge in [0.05, 0.1) is 25.4 Å². The number of ether oxygens (including phenoxy) is 1. The number of allylic oxidation sites excluding steroid dienone is 1. The fraction of sp³-hybridized carbons (Fsp3) is 0.949. The van der Waals surface area contributed by atoms with E-state index in [1.165, 1.54) is 385 Å². The van der Waals surface area contributed by atoms with Crippen LogP contribution in [0.25, 0.3) is 0 Å². The van der Waals surface area contributed by atoms with Crippen LogP contribution in [0.1, 0.15) is 450 Å². The molecule has 0 bridgehead atoms. The number of aliphatic hydroxyl groups excluding tert-OH is 2. The Morgan fingerprint density at radius 1 is 0.321 bits per heavy atom. The highest BCUT2D eigenvalue weighted by atomic mass is 16.5. The largest absolute Gasteiger partial charge is 0.466 e. The first-order chi connectivity index (χ1) is 41.5. The van der Waals surface area contributed by atoms with E-state index in [-0.39, 0.29) is 18.5 Å². The Balaban J connectivity index is 3.33. The number of esters is 1. The lowest BCUT2D eigenvalue weighted by atomic mass is 10.0. The maximum Gasteiger partial charge on any atom is 0.305 e. The van der Waals surface area contributed by atoms with Crippen molar-refractivity contribution in [3.8, 4) is 0 Å². The highest BCUT2D eigenvalue weighted by Gasteiger charge is 2.18. The van der Waals surface area contributed by atoms with Gasteiger partial charge in [0.1, 0.15) is 0 Å². The van der Waals surface area contributed by atoms with Gasteiger partial charge in [-0.3, -0.25) is 9.59 Å². The molecule has 0 radical (unpaired) electrons. The molecular weight excluding hydrogens is 1030 g/mol. The molecule has 0 saturated carbocycles. The molecule has 0 spiro atoms. The van der Waals surface area contributed by atoms with Gasteiger partial charge in [-0.1, -0.05) is 418 Å². The molecule has 2 atom stereocenters. The highest BCUT2D eigenvalue weighted by molar-refractivity contribution is 5.76. The number of unbranched alkanes of at least 4 members (excludes halogenated alkanes) is 63.